The van der Waals surface area contributed by atoms with E-state index in [9.17, 15) is 4.79 Å². The van der Waals surface area contributed by atoms with Crippen LogP contribution in [0.2, 0.25) is 0 Å². The van der Waals surface area contributed by atoms with E-state index in [0.717, 1.165) is 19.3 Å². The smallest absolute Gasteiger partial charge is 0.223 e. The normalized spacial score (nSPS) is 21.7. The molecule has 0 radical (unpaired) electrons. The van der Waals surface area contributed by atoms with E-state index in [-0.39, 0.29) is 17.9 Å². The lowest BCUT2D eigenvalue weighted by Crippen LogP contribution is -2.32. The highest BCUT2D eigenvalue weighted by molar-refractivity contribution is 7.10. The summed E-state index contributed by atoms with van der Waals surface area (Å²) in [5.74, 6) is 0.373. The number of hydrogen-bond donors (Lipinski definition) is 1. The van der Waals surface area contributed by atoms with E-state index in [4.69, 9.17) is 0 Å². The molecule has 0 saturated carbocycles. The molecule has 2 unspecified atom stereocenters. The summed E-state index contributed by atoms with van der Waals surface area (Å²) in [6, 6.07) is 4.22. The fourth-order valence-corrected chi connectivity index (χ4v) is 2.71. The van der Waals surface area contributed by atoms with E-state index >= 15 is 0 Å². The first-order valence-electron chi connectivity index (χ1n) is 5.76. The van der Waals surface area contributed by atoms with Crippen LogP contribution in [0.25, 0.3) is 0 Å². The molecule has 16 heavy (non-hydrogen) atoms. The minimum absolute atomic E-state index is 0.137. The fourth-order valence-electron chi connectivity index (χ4n) is 1.97. The van der Waals surface area contributed by atoms with Gasteiger partial charge in [-0.1, -0.05) is 18.2 Å². The van der Waals surface area contributed by atoms with Gasteiger partial charge in [0.05, 0.1) is 6.04 Å². The van der Waals surface area contributed by atoms with Gasteiger partial charge in [-0.05, 0) is 37.6 Å². The van der Waals surface area contributed by atoms with Gasteiger partial charge in [-0.2, -0.15) is 0 Å². The van der Waals surface area contributed by atoms with Crippen LogP contribution in [0, 0.1) is 5.92 Å². The molecular formula is C13H17NOS. The Labute approximate surface area is 100 Å². The number of amides is 1. The van der Waals surface area contributed by atoms with Crippen LogP contribution in [0.1, 0.15) is 37.1 Å². The van der Waals surface area contributed by atoms with E-state index in [0.29, 0.717) is 0 Å². The van der Waals surface area contributed by atoms with Crippen LogP contribution in [0.3, 0.4) is 0 Å². The molecule has 2 nitrogen and oxygen atoms in total. The van der Waals surface area contributed by atoms with Gasteiger partial charge < -0.3 is 5.32 Å². The molecule has 0 fully saturated rings. The van der Waals surface area contributed by atoms with Crippen LogP contribution < -0.4 is 5.32 Å². The number of carbonyl (C=O) groups excluding carboxylic acids is 1. The van der Waals surface area contributed by atoms with Gasteiger partial charge in [0.25, 0.3) is 0 Å². The van der Waals surface area contributed by atoms with Crippen molar-refractivity contribution in [3.8, 4) is 0 Å². The summed E-state index contributed by atoms with van der Waals surface area (Å²) in [6.07, 6.45) is 7.18. The van der Waals surface area contributed by atoms with E-state index in [1.807, 2.05) is 18.4 Å². The van der Waals surface area contributed by atoms with Crippen LogP contribution in [0.4, 0.5) is 0 Å². The third-order valence-electron chi connectivity index (χ3n) is 2.97. The Morgan fingerprint density at radius 1 is 1.56 bits per heavy atom. The van der Waals surface area contributed by atoms with E-state index < -0.39 is 0 Å². The molecule has 1 aliphatic carbocycles. The number of thiophene rings is 1. The van der Waals surface area contributed by atoms with E-state index in [2.05, 4.69) is 23.5 Å². The molecule has 1 amide bonds. The van der Waals surface area contributed by atoms with Gasteiger partial charge in [0.1, 0.15) is 0 Å². The zero-order chi connectivity index (χ0) is 11.4. The lowest BCUT2D eigenvalue weighted by molar-refractivity contribution is -0.125. The standard InChI is InChI=1S/C13H17NOS/c1-10(12-8-5-9-16-12)14-13(15)11-6-3-2-4-7-11/h2-3,5,8-11H,4,6-7H2,1H3,(H,14,15). The minimum atomic E-state index is 0.137. The number of nitrogens with one attached hydrogen (secondary N) is 1. The van der Waals surface area contributed by atoms with Crippen molar-refractivity contribution in [2.45, 2.75) is 32.2 Å². The molecule has 0 saturated heterocycles. The van der Waals surface area contributed by atoms with Crippen LogP contribution >= 0.6 is 11.3 Å². The van der Waals surface area contributed by atoms with E-state index in [1.54, 1.807) is 11.3 Å². The number of allylic oxidation sites excluding steroid dienone is 2. The molecule has 1 heterocycles. The highest BCUT2D eigenvalue weighted by Gasteiger charge is 2.20. The molecule has 86 valence electrons. The first-order valence-corrected chi connectivity index (χ1v) is 6.64. The molecule has 1 aromatic rings. The number of carbonyl (C=O) groups is 1. The molecule has 0 aliphatic heterocycles. The third kappa shape index (κ3) is 2.73. The summed E-state index contributed by atoms with van der Waals surface area (Å²) in [5.41, 5.74) is 0. The Morgan fingerprint density at radius 3 is 3.06 bits per heavy atom. The maximum atomic E-state index is 12.0. The van der Waals surface area contributed by atoms with Gasteiger partial charge in [-0.3, -0.25) is 4.79 Å². The van der Waals surface area contributed by atoms with Crippen molar-refractivity contribution in [2.75, 3.05) is 0 Å². The number of hydrogen-bond acceptors (Lipinski definition) is 2. The van der Waals surface area contributed by atoms with Crippen LogP contribution in [-0.4, -0.2) is 5.91 Å². The highest BCUT2D eigenvalue weighted by atomic mass is 32.1. The van der Waals surface area contributed by atoms with Gasteiger partial charge in [0, 0.05) is 10.8 Å². The summed E-state index contributed by atoms with van der Waals surface area (Å²) >= 11 is 1.69. The molecule has 0 aromatic carbocycles. The molecule has 0 spiro atoms. The molecule has 1 aromatic heterocycles. The second kappa shape index (κ2) is 5.30. The van der Waals surface area contributed by atoms with Gasteiger partial charge in [-0.25, -0.2) is 0 Å². The van der Waals surface area contributed by atoms with Crippen molar-refractivity contribution >= 4 is 17.2 Å². The molecular weight excluding hydrogens is 218 g/mol. The molecule has 0 bridgehead atoms. The average molecular weight is 235 g/mol. The summed E-state index contributed by atoms with van der Waals surface area (Å²) in [7, 11) is 0. The van der Waals surface area contributed by atoms with Crippen molar-refractivity contribution < 1.29 is 4.79 Å². The first kappa shape index (κ1) is 11.4. The lowest BCUT2D eigenvalue weighted by Gasteiger charge is -2.20. The maximum absolute atomic E-state index is 12.0. The number of rotatable bonds is 3. The molecule has 1 N–H and O–H groups in total. The molecule has 2 atom stereocenters. The van der Waals surface area contributed by atoms with Crippen LogP contribution in [0.5, 0.6) is 0 Å². The van der Waals surface area contributed by atoms with Crippen molar-refractivity contribution in [2.24, 2.45) is 5.92 Å². The Balaban J connectivity index is 1.89. The Bertz CT molecular complexity index is 369. The quantitative estimate of drug-likeness (QED) is 0.800. The third-order valence-corrected chi connectivity index (χ3v) is 4.02. The largest absolute Gasteiger partial charge is 0.349 e. The Morgan fingerprint density at radius 2 is 2.44 bits per heavy atom. The monoisotopic (exact) mass is 235 g/mol. The molecule has 1 aliphatic rings. The molecule has 2 rings (SSSR count). The van der Waals surface area contributed by atoms with Gasteiger partial charge in [0.15, 0.2) is 0 Å². The lowest BCUT2D eigenvalue weighted by atomic mass is 9.93. The van der Waals surface area contributed by atoms with Gasteiger partial charge in [0.2, 0.25) is 5.91 Å². The predicted octanol–water partition coefficient (Wildman–Crippen LogP) is 3.28. The van der Waals surface area contributed by atoms with Crippen molar-refractivity contribution in [3.05, 3.63) is 34.5 Å². The van der Waals surface area contributed by atoms with Crippen molar-refractivity contribution in [1.29, 1.82) is 0 Å². The maximum Gasteiger partial charge on any atom is 0.223 e. The zero-order valence-electron chi connectivity index (χ0n) is 9.48. The van der Waals surface area contributed by atoms with E-state index in [1.165, 1.54) is 4.88 Å². The zero-order valence-corrected chi connectivity index (χ0v) is 10.3. The second-order valence-electron chi connectivity index (χ2n) is 4.23. The van der Waals surface area contributed by atoms with Crippen molar-refractivity contribution in [1.82, 2.24) is 5.32 Å². The van der Waals surface area contributed by atoms with Crippen molar-refractivity contribution in [3.63, 3.8) is 0 Å². The topological polar surface area (TPSA) is 29.1 Å². The predicted molar refractivity (Wildman–Crippen MR) is 67.4 cm³/mol. The summed E-state index contributed by atoms with van der Waals surface area (Å²) < 4.78 is 0. The van der Waals surface area contributed by atoms with Crippen LogP contribution in [0.15, 0.2) is 29.7 Å². The van der Waals surface area contributed by atoms with Gasteiger partial charge >= 0.3 is 0 Å². The van der Waals surface area contributed by atoms with Gasteiger partial charge in [-0.15, -0.1) is 11.3 Å². The first-order chi connectivity index (χ1) is 7.77. The van der Waals surface area contributed by atoms with Crippen LogP contribution in [-0.2, 0) is 4.79 Å². The molecule has 3 heteroatoms. The summed E-state index contributed by atoms with van der Waals surface area (Å²) in [5, 5.41) is 5.13. The summed E-state index contributed by atoms with van der Waals surface area (Å²) in [6.45, 7) is 2.04. The SMILES string of the molecule is CC(NC(=O)C1CC=CCC1)c1cccs1. The highest BCUT2D eigenvalue weighted by Crippen LogP contribution is 2.22. The fraction of sp³-hybridized carbons (Fsp3) is 0.462. The minimum Gasteiger partial charge on any atom is -0.349 e. The average Bonchev–Trinajstić information content (AvgIpc) is 2.83. The second-order valence-corrected chi connectivity index (χ2v) is 5.21. The Kier molecular flexibility index (Phi) is 3.78. The summed E-state index contributed by atoms with van der Waals surface area (Å²) in [4.78, 5) is 13.2. The Hall–Kier alpha value is -1.09.